The van der Waals surface area contributed by atoms with Crippen LogP contribution in [0, 0.1) is 22.0 Å². The lowest BCUT2D eigenvalue weighted by Crippen LogP contribution is -2.52. The summed E-state index contributed by atoms with van der Waals surface area (Å²) in [4.78, 5) is 57.5. The third-order valence-corrected chi connectivity index (χ3v) is 16.9. The molecule has 3 saturated heterocycles. The molecule has 292 valence electrons. The number of likely N-dealkylation sites (tertiary alicyclic amines) is 1. The fourth-order valence-electron chi connectivity index (χ4n) is 9.67. The van der Waals surface area contributed by atoms with Crippen molar-refractivity contribution in [3.63, 3.8) is 0 Å². The van der Waals surface area contributed by atoms with E-state index in [1.807, 2.05) is 55.5 Å². The summed E-state index contributed by atoms with van der Waals surface area (Å²) in [6.07, 6.45) is 2.59. The molecule has 0 aliphatic carbocycles. The fourth-order valence-corrected chi connectivity index (χ4v) is 13.7. The van der Waals surface area contributed by atoms with Crippen LogP contribution < -0.4 is 25.5 Å². The molecule has 0 bridgehead atoms. The molecule has 0 aromatic heterocycles. The van der Waals surface area contributed by atoms with E-state index in [0.29, 0.717) is 35.8 Å². The number of carbonyl (C=O) groups excluding carboxylic acids is 3. The van der Waals surface area contributed by atoms with Gasteiger partial charge in [-0.25, -0.2) is 0 Å². The predicted molar refractivity (Wildman–Crippen MR) is 211 cm³/mol. The van der Waals surface area contributed by atoms with E-state index in [1.165, 1.54) is 12.1 Å². The number of nitrogens with one attached hydrogen (secondary N) is 2. The SMILES string of the molecule is COc1ccc([Si](C)(C)[C@H]2[C@H](CC(=O)N3CCC[C@H]3CO)O[C@@]3(C(=O)N(Cc4cccc(NC(=O)C5CCCNC5)c4)c4ccc([N+](=O)[O-])cc43)[C@@H]2C)cc1. The number of ether oxygens (including phenoxy) is 2. The molecule has 0 saturated carbocycles. The van der Waals surface area contributed by atoms with Gasteiger partial charge < -0.3 is 35.0 Å². The molecular formula is C41H51N5O8Si. The molecule has 6 atom stereocenters. The number of aliphatic hydroxyl groups excluding tert-OH is 1. The van der Waals surface area contributed by atoms with Crippen molar-refractivity contribution in [3.8, 4) is 5.75 Å². The zero-order valence-corrected chi connectivity index (χ0v) is 33.0. The lowest BCUT2D eigenvalue weighted by atomic mass is 9.82. The van der Waals surface area contributed by atoms with Crippen molar-refractivity contribution >= 4 is 48.0 Å². The minimum atomic E-state index is -2.60. The van der Waals surface area contributed by atoms with Crippen LogP contribution >= 0.6 is 0 Å². The third kappa shape index (κ3) is 7.05. The first-order chi connectivity index (χ1) is 26.4. The second-order valence-corrected chi connectivity index (χ2v) is 20.7. The molecule has 1 spiro atoms. The number of nitro groups is 1. The highest BCUT2D eigenvalue weighted by Crippen LogP contribution is 2.60. The van der Waals surface area contributed by atoms with Crippen LogP contribution in [0.15, 0.2) is 66.7 Å². The van der Waals surface area contributed by atoms with E-state index in [1.54, 1.807) is 23.0 Å². The van der Waals surface area contributed by atoms with E-state index < -0.39 is 30.6 Å². The van der Waals surface area contributed by atoms with Crippen LogP contribution in [0.5, 0.6) is 5.75 Å². The highest BCUT2D eigenvalue weighted by molar-refractivity contribution is 6.91. The van der Waals surface area contributed by atoms with E-state index in [-0.39, 0.29) is 60.5 Å². The summed E-state index contributed by atoms with van der Waals surface area (Å²) >= 11 is 0. The number of anilines is 2. The fraction of sp³-hybridized carbons (Fsp3) is 0.488. The summed E-state index contributed by atoms with van der Waals surface area (Å²) in [7, 11) is -0.989. The number of amides is 3. The molecule has 4 heterocycles. The van der Waals surface area contributed by atoms with Gasteiger partial charge >= 0.3 is 0 Å². The number of nitrogens with zero attached hydrogens (tertiary/aromatic N) is 3. The zero-order chi connectivity index (χ0) is 39.1. The van der Waals surface area contributed by atoms with Crippen LogP contribution in [-0.4, -0.2) is 86.2 Å². The maximum atomic E-state index is 15.3. The third-order valence-electron chi connectivity index (χ3n) is 12.5. The van der Waals surface area contributed by atoms with Gasteiger partial charge in [-0.15, -0.1) is 0 Å². The summed E-state index contributed by atoms with van der Waals surface area (Å²) in [5, 5.41) is 29.7. The standard InChI is InChI=1S/C41H51N5O8Si/c1-26-38(55(3,4)33-15-13-32(53-2)14-16-33)36(22-37(48)44-19-7-11-31(44)25-47)54-41(26)34-21-30(46(51)52)12-17-35(34)45(40(41)50)24-27-8-5-10-29(20-27)43-39(49)28-9-6-18-42-23-28/h5,8,10,12-17,20-21,26,28,31,36,38,42,47H,6-7,9,11,18-19,22-25H2,1-4H3,(H,43,49)/t26-,28?,31+,36+,38-,41+/m1/s1. The van der Waals surface area contributed by atoms with Crippen molar-refractivity contribution in [1.29, 1.82) is 0 Å². The van der Waals surface area contributed by atoms with Gasteiger partial charge in [-0.1, -0.05) is 49.5 Å². The maximum absolute atomic E-state index is 15.3. The molecular weight excluding hydrogens is 719 g/mol. The predicted octanol–water partition coefficient (Wildman–Crippen LogP) is 4.68. The van der Waals surface area contributed by atoms with Crippen molar-refractivity contribution in [3.05, 3.63) is 88.0 Å². The van der Waals surface area contributed by atoms with Crippen LogP contribution in [0.1, 0.15) is 50.2 Å². The van der Waals surface area contributed by atoms with Crippen LogP contribution in [0.25, 0.3) is 0 Å². The van der Waals surface area contributed by atoms with Crippen molar-refractivity contribution in [2.75, 3.05) is 43.6 Å². The average Bonchev–Trinajstić information content (AvgIpc) is 3.85. The molecule has 55 heavy (non-hydrogen) atoms. The Hall–Kier alpha value is -4.63. The van der Waals surface area contributed by atoms with E-state index >= 15 is 4.79 Å². The zero-order valence-electron chi connectivity index (χ0n) is 32.0. The Kier molecular flexibility index (Phi) is 10.9. The second-order valence-electron chi connectivity index (χ2n) is 16.0. The van der Waals surface area contributed by atoms with Gasteiger partial charge in [-0.05, 0) is 73.7 Å². The van der Waals surface area contributed by atoms with Crippen molar-refractivity contribution in [2.45, 2.75) is 82.0 Å². The molecule has 4 aliphatic rings. The lowest BCUT2D eigenvalue weighted by molar-refractivity contribution is -0.385. The highest BCUT2D eigenvalue weighted by atomic mass is 28.3. The highest BCUT2D eigenvalue weighted by Gasteiger charge is 2.67. The Morgan fingerprint density at radius 3 is 2.58 bits per heavy atom. The molecule has 14 heteroatoms. The number of piperidine rings is 1. The minimum Gasteiger partial charge on any atom is -0.497 e. The van der Waals surface area contributed by atoms with E-state index in [0.717, 1.165) is 43.0 Å². The summed E-state index contributed by atoms with van der Waals surface area (Å²) in [5.41, 5.74) is 0.301. The van der Waals surface area contributed by atoms with Gasteiger partial charge in [0.25, 0.3) is 11.6 Å². The van der Waals surface area contributed by atoms with Gasteiger partial charge in [0.15, 0.2) is 5.60 Å². The molecule has 3 amide bonds. The van der Waals surface area contributed by atoms with E-state index in [9.17, 15) is 24.8 Å². The number of carbonyl (C=O) groups is 3. The number of rotatable bonds is 11. The molecule has 1 unspecified atom stereocenters. The van der Waals surface area contributed by atoms with E-state index in [2.05, 4.69) is 23.7 Å². The first-order valence-electron chi connectivity index (χ1n) is 19.3. The van der Waals surface area contributed by atoms with Gasteiger partial charge in [-0.3, -0.25) is 24.5 Å². The number of methoxy groups -OCH3 is 1. The number of fused-ring (bicyclic) bond motifs is 2. The number of benzene rings is 3. The molecule has 3 aromatic carbocycles. The van der Waals surface area contributed by atoms with Crippen molar-refractivity contribution in [1.82, 2.24) is 10.2 Å². The van der Waals surface area contributed by atoms with Crippen LogP contribution in [-0.2, 0) is 31.3 Å². The Balaban J connectivity index is 1.27. The van der Waals surface area contributed by atoms with Gasteiger partial charge in [-0.2, -0.15) is 0 Å². The summed E-state index contributed by atoms with van der Waals surface area (Å²) < 4.78 is 12.5. The summed E-state index contributed by atoms with van der Waals surface area (Å²) in [6, 6.07) is 19.5. The summed E-state index contributed by atoms with van der Waals surface area (Å²) in [6.45, 7) is 8.51. The molecule has 4 aliphatic heterocycles. The van der Waals surface area contributed by atoms with Gasteiger partial charge in [0.05, 0.1) is 63.4 Å². The van der Waals surface area contributed by atoms with Gasteiger partial charge in [0, 0.05) is 42.4 Å². The molecule has 7 rings (SSSR count). The largest absolute Gasteiger partial charge is 0.497 e. The molecule has 3 aromatic rings. The molecule has 3 fully saturated rings. The molecule has 3 N–H and O–H groups in total. The Labute approximate surface area is 322 Å². The smallest absolute Gasteiger partial charge is 0.269 e. The van der Waals surface area contributed by atoms with Crippen molar-refractivity contribution < 1.29 is 33.9 Å². The topological polar surface area (TPSA) is 164 Å². The van der Waals surface area contributed by atoms with Crippen LogP contribution in [0.4, 0.5) is 17.1 Å². The first kappa shape index (κ1) is 38.6. The number of aliphatic hydroxyl groups is 1. The minimum absolute atomic E-state index is 0.00956. The molecule has 13 nitrogen and oxygen atoms in total. The molecule has 0 radical (unpaired) electrons. The van der Waals surface area contributed by atoms with Crippen LogP contribution in [0.3, 0.4) is 0 Å². The average molecular weight is 770 g/mol. The van der Waals surface area contributed by atoms with Gasteiger partial charge in [0.1, 0.15) is 5.75 Å². The Morgan fingerprint density at radius 1 is 1.11 bits per heavy atom. The van der Waals surface area contributed by atoms with E-state index in [4.69, 9.17) is 9.47 Å². The number of hydrogen-bond donors (Lipinski definition) is 3. The summed E-state index contributed by atoms with van der Waals surface area (Å²) in [5.74, 6) is -0.421. The quantitative estimate of drug-likeness (QED) is 0.143. The lowest BCUT2D eigenvalue weighted by Gasteiger charge is -2.37. The second kappa shape index (κ2) is 15.5. The number of non-ortho nitro benzene ring substituents is 1. The van der Waals surface area contributed by atoms with Gasteiger partial charge in [0.2, 0.25) is 11.8 Å². The Morgan fingerprint density at radius 2 is 1.89 bits per heavy atom. The maximum Gasteiger partial charge on any atom is 0.269 e. The monoisotopic (exact) mass is 769 g/mol. The van der Waals surface area contributed by atoms with Crippen LogP contribution in [0.2, 0.25) is 18.6 Å². The normalized spacial score (nSPS) is 26.3. The van der Waals surface area contributed by atoms with Crippen molar-refractivity contribution in [2.24, 2.45) is 11.8 Å². The Bertz CT molecular complexity index is 1950. The first-order valence-corrected chi connectivity index (χ1v) is 22.4. The number of hydrogen-bond acceptors (Lipinski definition) is 9. The number of nitro benzene ring substituents is 1.